The van der Waals surface area contributed by atoms with Crippen LogP contribution in [-0.2, 0) is 4.79 Å². The molecule has 0 saturated carbocycles. The third-order valence-electron chi connectivity index (χ3n) is 3.44. The zero-order valence-corrected chi connectivity index (χ0v) is 14.4. The molecule has 0 saturated heterocycles. The zero-order chi connectivity index (χ0) is 16.9. The van der Waals surface area contributed by atoms with E-state index in [-0.39, 0.29) is 12.5 Å². The topological polar surface area (TPSA) is 51.7 Å². The van der Waals surface area contributed by atoms with E-state index < -0.39 is 0 Å². The molecule has 3 aromatic rings. The molecular formula is C18H18N2O3S. The average molecular weight is 342 g/mol. The lowest BCUT2D eigenvalue weighted by Crippen LogP contribution is -2.31. The number of thiazole rings is 1. The Kier molecular flexibility index (Phi) is 4.96. The van der Waals surface area contributed by atoms with E-state index in [1.807, 2.05) is 49.4 Å². The van der Waals surface area contributed by atoms with Crippen molar-refractivity contribution in [2.75, 3.05) is 25.2 Å². The van der Waals surface area contributed by atoms with Gasteiger partial charge in [0.05, 0.1) is 16.8 Å². The van der Waals surface area contributed by atoms with Gasteiger partial charge >= 0.3 is 0 Å². The summed E-state index contributed by atoms with van der Waals surface area (Å²) in [6.45, 7) is 2.37. The lowest BCUT2D eigenvalue weighted by molar-refractivity contribution is -0.120. The number of likely N-dealkylation sites (N-methyl/N-ethyl adjacent to an activating group) is 1. The lowest BCUT2D eigenvalue weighted by atomic mass is 10.3. The fourth-order valence-corrected chi connectivity index (χ4v) is 3.13. The molecular weight excluding hydrogens is 324 g/mol. The van der Waals surface area contributed by atoms with Gasteiger partial charge in [0.25, 0.3) is 5.91 Å². The van der Waals surface area contributed by atoms with Crippen molar-refractivity contribution in [2.45, 2.75) is 6.92 Å². The van der Waals surface area contributed by atoms with Crippen molar-refractivity contribution in [3.8, 4) is 11.5 Å². The van der Waals surface area contributed by atoms with Crippen molar-refractivity contribution < 1.29 is 14.3 Å². The molecule has 0 aliphatic rings. The van der Waals surface area contributed by atoms with E-state index >= 15 is 0 Å². The van der Waals surface area contributed by atoms with Gasteiger partial charge in [-0.05, 0) is 31.2 Å². The Bertz CT molecular complexity index is 814. The summed E-state index contributed by atoms with van der Waals surface area (Å²) >= 11 is 1.48. The average Bonchev–Trinajstić information content (AvgIpc) is 3.04. The standard InChI is InChI=1S/C18H18N2O3S/c1-3-22-14-9-5-6-10-15(14)23-12-17(21)20(2)18-19-13-8-4-7-11-16(13)24-18/h4-11H,3,12H2,1-2H3. The van der Waals surface area contributed by atoms with Crippen LogP contribution in [0.25, 0.3) is 10.2 Å². The highest BCUT2D eigenvalue weighted by Gasteiger charge is 2.16. The minimum absolute atomic E-state index is 0.0729. The summed E-state index contributed by atoms with van der Waals surface area (Å²) in [6, 6.07) is 15.1. The number of hydrogen-bond donors (Lipinski definition) is 0. The van der Waals surface area contributed by atoms with Gasteiger partial charge in [-0.1, -0.05) is 35.6 Å². The largest absolute Gasteiger partial charge is 0.490 e. The van der Waals surface area contributed by atoms with Crippen molar-refractivity contribution in [1.29, 1.82) is 0 Å². The monoisotopic (exact) mass is 342 g/mol. The van der Waals surface area contributed by atoms with Gasteiger partial charge in [0.2, 0.25) is 0 Å². The lowest BCUT2D eigenvalue weighted by Gasteiger charge is -2.15. The molecule has 2 aromatic carbocycles. The van der Waals surface area contributed by atoms with E-state index in [0.717, 1.165) is 10.2 Å². The molecule has 24 heavy (non-hydrogen) atoms. The number of hydrogen-bond acceptors (Lipinski definition) is 5. The molecule has 0 aliphatic heterocycles. The van der Waals surface area contributed by atoms with Crippen molar-refractivity contribution in [3.05, 3.63) is 48.5 Å². The van der Waals surface area contributed by atoms with E-state index in [0.29, 0.717) is 23.2 Å². The Morgan fingerprint density at radius 1 is 1.08 bits per heavy atom. The van der Waals surface area contributed by atoms with Crippen LogP contribution in [0.4, 0.5) is 5.13 Å². The number of rotatable bonds is 6. The van der Waals surface area contributed by atoms with Gasteiger partial charge in [-0.2, -0.15) is 0 Å². The maximum atomic E-state index is 12.4. The number of ether oxygens (including phenoxy) is 2. The van der Waals surface area contributed by atoms with Crippen LogP contribution >= 0.6 is 11.3 Å². The molecule has 0 bridgehead atoms. The molecule has 0 spiro atoms. The number of benzene rings is 2. The van der Waals surface area contributed by atoms with Crippen LogP contribution in [0.15, 0.2) is 48.5 Å². The normalized spacial score (nSPS) is 10.6. The first-order valence-electron chi connectivity index (χ1n) is 7.65. The molecule has 0 N–H and O–H groups in total. The smallest absolute Gasteiger partial charge is 0.266 e. The third kappa shape index (κ3) is 3.49. The van der Waals surface area contributed by atoms with Crippen LogP contribution in [0, 0.1) is 0 Å². The Balaban J connectivity index is 1.68. The van der Waals surface area contributed by atoms with Gasteiger partial charge in [-0.3, -0.25) is 9.69 Å². The minimum Gasteiger partial charge on any atom is -0.490 e. The molecule has 1 aromatic heterocycles. The van der Waals surface area contributed by atoms with Crippen LogP contribution in [0.5, 0.6) is 11.5 Å². The van der Waals surface area contributed by atoms with Gasteiger partial charge in [0, 0.05) is 7.05 Å². The first-order chi connectivity index (χ1) is 11.7. The van der Waals surface area contributed by atoms with Crippen LogP contribution in [0.1, 0.15) is 6.92 Å². The van der Waals surface area contributed by atoms with Crippen molar-refractivity contribution in [1.82, 2.24) is 4.98 Å². The van der Waals surface area contributed by atoms with Crippen molar-refractivity contribution >= 4 is 32.6 Å². The number of para-hydroxylation sites is 3. The number of anilines is 1. The first-order valence-corrected chi connectivity index (χ1v) is 8.47. The molecule has 0 fully saturated rings. The second-order valence-corrected chi connectivity index (χ2v) is 6.09. The summed E-state index contributed by atoms with van der Waals surface area (Å²) < 4.78 is 12.2. The summed E-state index contributed by atoms with van der Waals surface area (Å²) in [5.41, 5.74) is 0.889. The van der Waals surface area contributed by atoms with E-state index in [2.05, 4.69) is 4.98 Å². The predicted molar refractivity (Wildman–Crippen MR) is 96.1 cm³/mol. The number of carbonyl (C=O) groups excluding carboxylic acids is 1. The third-order valence-corrected chi connectivity index (χ3v) is 4.56. The molecule has 3 rings (SSSR count). The van der Waals surface area contributed by atoms with Gasteiger partial charge < -0.3 is 9.47 Å². The Morgan fingerprint density at radius 3 is 2.46 bits per heavy atom. The van der Waals surface area contributed by atoms with Gasteiger partial charge in [0.15, 0.2) is 23.2 Å². The number of nitrogens with zero attached hydrogens (tertiary/aromatic N) is 2. The van der Waals surface area contributed by atoms with Crippen molar-refractivity contribution in [2.24, 2.45) is 0 Å². The Hall–Kier alpha value is -2.60. The molecule has 6 heteroatoms. The zero-order valence-electron chi connectivity index (χ0n) is 13.6. The van der Waals surface area contributed by atoms with E-state index in [1.54, 1.807) is 13.1 Å². The number of carbonyl (C=O) groups is 1. The highest BCUT2D eigenvalue weighted by molar-refractivity contribution is 7.22. The highest BCUT2D eigenvalue weighted by Crippen LogP contribution is 2.29. The van der Waals surface area contributed by atoms with Crippen LogP contribution in [-0.4, -0.2) is 31.2 Å². The van der Waals surface area contributed by atoms with Crippen LogP contribution < -0.4 is 14.4 Å². The molecule has 5 nitrogen and oxygen atoms in total. The summed E-state index contributed by atoms with van der Waals surface area (Å²) in [7, 11) is 1.71. The summed E-state index contributed by atoms with van der Waals surface area (Å²) in [5.74, 6) is 1.03. The maximum Gasteiger partial charge on any atom is 0.266 e. The fraction of sp³-hybridized carbons (Fsp3) is 0.222. The number of aromatic nitrogens is 1. The van der Waals surface area contributed by atoms with Gasteiger partial charge in [-0.25, -0.2) is 4.98 Å². The molecule has 0 radical (unpaired) electrons. The Morgan fingerprint density at radius 2 is 1.75 bits per heavy atom. The molecule has 0 aliphatic carbocycles. The quantitative estimate of drug-likeness (QED) is 0.685. The predicted octanol–water partition coefficient (Wildman–Crippen LogP) is 3.74. The SMILES string of the molecule is CCOc1ccccc1OCC(=O)N(C)c1nc2ccccc2s1. The van der Waals surface area contributed by atoms with Crippen LogP contribution in [0.2, 0.25) is 0 Å². The van der Waals surface area contributed by atoms with Crippen LogP contribution in [0.3, 0.4) is 0 Å². The van der Waals surface area contributed by atoms with Crippen molar-refractivity contribution in [3.63, 3.8) is 0 Å². The van der Waals surface area contributed by atoms with E-state index in [4.69, 9.17) is 9.47 Å². The fourth-order valence-electron chi connectivity index (χ4n) is 2.19. The molecule has 0 unspecified atom stereocenters. The second-order valence-electron chi connectivity index (χ2n) is 5.09. The number of fused-ring (bicyclic) bond motifs is 1. The Labute approximate surface area is 144 Å². The van der Waals surface area contributed by atoms with E-state index in [9.17, 15) is 4.79 Å². The molecule has 0 atom stereocenters. The summed E-state index contributed by atoms with van der Waals surface area (Å²) in [4.78, 5) is 18.4. The minimum atomic E-state index is -0.166. The van der Waals surface area contributed by atoms with E-state index in [1.165, 1.54) is 16.2 Å². The highest BCUT2D eigenvalue weighted by atomic mass is 32.1. The summed E-state index contributed by atoms with van der Waals surface area (Å²) in [5, 5.41) is 0.655. The molecule has 1 heterocycles. The second kappa shape index (κ2) is 7.31. The molecule has 1 amide bonds. The maximum absolute atomic E-state index is 12.4. The molecule has 124 valence electrons. The first kappa shape index (κ1) is 16.3. The van der Waals surface area contributed by atoms with Gasteiger partial charge in [0.1, 0.15) is 0 Å². The van der Waals surface area contributed by atoms with Gasteiger partial charge in [-0.15, -0.1) is 0 Å². The summed E-state index contributed by atoms with van der Waals surface area (Å²) in [6.07, 6.45) is 0. The number of amides is 1.